The van der Waals surface area contributed by atoms with E-state index in [1.165, 1.54) is 122 Å². The minimum Gasteiger partial charge on any atom is -0.269 e. The van der Waals surface area contributed by atoms with Crippen LogP contribution in [0, 0.1) is 0 Å². The van der Waals surface area contributed by atoms with Crippen molar-refractivity contribution in [2.75, 3.05) is 0 Å². The topological polar surface area (TPSA) is 44.8 Å². The molecule has 0 N–H and O–H groups in total. The number of carbonyl (C=O) groups excluding carboxylic acids is 1. The summed E-state index contributed by atoms with van der Waals surface area (Å²) in [5.41, 5.74) is -0.479. The van der Waals surface area contributed by atoms with Crippen LogP contribution in [0.25, 0.3) is 0 Å². The Morgan fingerprint density at radius 1 is 0.531 bits per heavy atom. The number of rotatable bonds is 24. The van der Waals surface area contributed by atoms with Gasteiger partial charge in [0, 0.05) is 6.42 Å². The Labute approximate surface area is 200 Å². The fourth-order valence-electron chi connectivity index (χ4n) is 3.90. The smallest absolute Gasteiger partial charge is 0.269 e. The highest BCUT2D eigenvalue weighted by Gasteiger charge is 2.14. The van der Waals surface area contributed by atoms with Crippen LogP contribution in [-0.4, -0.2) is 11.6 Å². The fourth-order valence-corrected chi connectivity index (χ4v) is 3.90. The number of carbonyl (C=O) groups is 1. The molecule has 0 unspecified atom stereocenters. The van der Waals surface area contributed by atoms with E-state index in [2.05, 4.69) is 16.8 Å². The Hall–Kier alpha value is -0.610. The average Bonchev–Trinajstić information content (AvgIpc) is 2.74. The molecule has 192 valence electrons. The molecule has 0 aliphatic heterocycles. The van der Waals surface area contributed by atoms with Gasteiger partial charge in [0.05, 0.1) is 5.60 Å². The van der Waals surface area contributed by atoms with E-state index in [0.29, 0.717) is 6.42 Å². The van der Waals surface area contributed by atoms with Crippen molar-refractivity contribution >= 4 is 5.97 Å². The highest BCUT2D eigenvalue weighted by atomic mass is 17.5. The molecule has 0 fully saturated rings. The second kappa shape index (κ2) is 23.5. The third-order valence-electron chi connectivity index (χ3n) is 5.90. The van der Waals surface area contributed by atoms with Crippen LogP contribution in [0.5, 0.6) is 0 Å². The quantitative estimate of drug-likeness (QED) is 0.0823. The van der Waals surface area contributed by atoms with E-state index in [9.17, 15) is 4.79 Å². The molecular formula is C28H56O4. The van der Waals surface area contributed by atoms with Gasteiger partial charge in [-0.3, -0.25) is 4.89 Å². The zero-order valence-corrected chi connectivity index (χ0v) is 22.2. The van der Waals surface area contributed by atoms with E-state index < -0.39 is 5.60 Å². The van der Waals surface area contributed by atoms with Crippen molar-refractivity contribution < 1.29 is 19.6 Å². The Morgan fingerprint density at radius 3 is 1.16 bits per heavy atom. The Morgan fingerprint density at radius 2 is 0.844 bits per heavy atom. The van der Waals surface area contributed by atoms with Crippen LogP contribution in [0.2, 0.25) is 0 Å². The van der Waals surface area contributed by atoms with E-state index in [1.54, 1.807) is 0 Å². The minimum absolute atomic E-state index is 0.355. The zero-order valence-electron chi connectivity index (χ0n) is 22.2. The van der Waals surface area contributed by atoms with Gasteiger partial charge in [-0.1, -0.05) is 135 Å². The molecule has 0 aromatic heterocycles. The van der Waals surface area contributed by atoms with Gasteiger partial charge in [0.2, 0.25) is 0 Å². The molecule has 0 rings (SSSR count). The Balaban J connectivity index is 3.13. The van der Waals surface area contributed by atoms with Crippen molar-refractivity contribution in [1.29, 1.82) is 0 Å². The number of hydrogen-bond donors (Lipinski definition) is 0. The van der Waals surface area contributed by atoms with Gasteiger partial charge in [-0.15, -0.1) is 0 Å². The highest BCUT2D eigenvalue weighted by Crippen LogP contribution is 2.15. The van der Waals surface area contributed by atoms with Crippen molar-refractivity contribution in [3.05, 3.63) is 0 Å². The summed E-state index contributed by atoms with van der Waals surface area (Å²) < 4.78 is 0. The molecule has 0 amide bonds. The molecule has 4 nitrogen and oxygen atoms in total. The first-order valence-corrected chi connectivity index (χ1v) is 14.0. The Kier molecular flexibility index (Phi) is 23.1. The molecule has 0 bridgehead atoms. The minimum atomic E-state index is -0.479. The molecule has 0 heterocycles. The Bertz CT molecular complexity index is 389. The normalized spacial score (nSPS) is 11.8. The van der Waals surface area contributed by atoms with Crippen LogP contribution >= 0.6 is 0 Å². The van der Waals surface area contributed by atoms with Gasteiger partial charge in [0.25, 0.3) is 0 Å². The van der Waals surface area contributed by atoms with Gasteiger partial charge in [-0.2, -0.15) is 4.89 Å². The van der Waals surface area contributed by atoms with E-state index in [-0.39, 0.29) is 5.97 Å². The summed E-state index contributed by atoms with van der Waals surface area (Å²) >= 11 is 0. The summed E-state index contributed by atoms with van der Waals surface area (Å²) in [4.78, 5) is 21.0. The molecule has 4 heteroatoms. The van der Waals surface area contributed by atoms with E-state index in [4.69, 9.17) is 4.89 Å². The van der Waals surface area contributed by atoms with E-state index in [1.807, 2.05) is 20.8 Å². The third kappa shape index (κ3) is 27.4. The van der Waals surface area contributed by atoms with Crippen LogP contribution < -0.4 is 0 Å². The second-order valence-corrected chi connectivity index (χ2v) is 10.5. The van der Waals surface area contributed by atoms with Gasteiger partial charge in [-0.25, -0.2) is 4.79 Å². The van der Waals surface area contributed by atoms with Gasteiger partial charge >= 0.3 is 5.97 Å². The summed E-state index contributed by atoms with van der Waals surface area (Å²) in [7, 11) is 0. The zero-order chi connectivity index (χ0) is 23.8. The lowest BCUT2D eigenvalue weighted by atomic mass is 10.0. The van der Waals surface area contributed by atoms with Crippen LogP contribution in [0.3, 0.4) is 0 Å². The summed E-state index contributed by atoms with van der Waals surface area (Å²) in [6, 6.07) is 0. The number of hydrogen-bond acceptors (Lipinski definition) is 4. The lowest BCUT2D eigenvalue weighted by molar-refractivity contribution is -0.514. The highest BCUT2D eigenvalue weighted by molar-refractivity contribution is 5.68. The predicted molar refractivity (Wildman–Crippen MR) is 135 cm³/mol. The monoisotopic (exact) mass is 456 g/mol. The maximum absolute atomic E-state index is 11.5. The van der Waals surface area contributed by atoms with Gasteiger partial charge in [0.15, 0.2) is 0 Å². The molecule has 0 atom stereocenters. The van der Waals surface area contributed by atoms with Crippen molar-refractivity contribution in [2.24, 2.45) is 0 Å². The van der Waals surface area contributed by atoms with Gasteiger partial charge < -0.3 is 0 Å². The average molecular weight is 457 g/mol. The first-order valence-electron chi connectivity index (χ1n) is 14.0. The summed E-state index contributed by atoms with van der Waals surface area (Å²) in [6.45, 7) is 7.79. The third-order valence-corrected chi connectivity index (χ3v) is 5.90. The van der Waals surface area contributed by atoms with E-state index >= 15 is 0 Å². The molecule has 0 saturated carbocycles. The first kappa shape index (κ1) is 31.4. The molecule has 0 aromatic rings. The molecule has 0 aliphatic carbocycles. The lowest BCUT2D eigenvalue weighted by Gasteiger charge is -2.15. The molecule has 0 radical (unpaired) electrons. The van der Waals surface area contributed by atoms with Crippen molar-refractivity contribution in [1.82, 2.24) is 0 Å². The fraction of sp³-hybridized carbons (Fsp3) is 0.964. The van der Waals surface area contributed by atoms with Gasteiger partial charge in [-0.05, 0) is 32.2 Å². The SMILES string of the molecule is CCCCCCCCCCCCCCCCCCCCCCCC(=O)OOOC(C)(C)C. The van der Waals surface area contributed by atoms with Crippen molar-refractivity contribution in [2.45, 2.75) is 175 Å². The standard InChI is InChI=1S/C28H56O4/c1-5-6-7-8-9-10-11-12-13-14-15-16-17-18-19-20-21-22-23-24-25-26-27(29)30-32-31-28(2,3)4/h5-26H2,1-4H3. The summed E-state index contributed by atoms with van der Waals surface area (Å²) in [5, 5.41) is 4.51. The van der Waals surface area contributed by atoms with Crippen molar-refractivity contribution in [3.8, 4) is 0 Å². The maximum Gasteiger partial charge on any atom is 0.345 e. The van der Waals surface area contributed by atoms with Crippen LogP contribution in [0.4, 0.5) is 0 Å². The van der Waals surface area contributed by atoms with Crippen molar-refractivity contribution in [3.63, 3.8) is 0 Å². The van der Waals surface area contributed by atoms with E-state index in [0.717, 1.165) is 12.8 Å². The molecular weight excluding hydrogens is 400 g/mol. The van der Waals surface area contributed by atoms with Gasteiger partial charge in [0.1, 0.15) is 0 Å². The lowest BCUT2D eigenvalue weighted by Crippen LogP contribution is -2.20. The largest absolute Gasteiger partial charge is 0.345 e. The molecule has 0 saturated heterocycles. The molecule has 0 spiro atoms. The molecule has 0 aromatic carbocycles. The molecule has 0 aliphatic rings. The summed E-state index contributed by atoms with van der Waals surface area (Å²) in [6.07, 6.45) is 28.9. The first-order chi connectivity index (χ1) is 15.5. The predicted octanol–water partition coefficient (Wildman–Crippen LogP) is 9.79. The molecule has 32 heavy (non-hydrogen) atoms. The van der Waals surface area contributed by atoms with Crippen LogP contribution in [0.15, 0.2) is 0 Å². The van der Waals surface area contributed by atoms with Crippen LogP contribution in [0.1, 0.15) is 169 Å². The second-order valence-electron chi connectivity index (χ2n) is 10.5. The number of unbranched alkanes of at least 4 members (excludes halogenated alkanes) is 20. The summed E-state index contributed by atoms with van der Waals surface area (Å²) in [5.74, 6) is -0.355. The maximum atomic E-state index is 11.5. The van der Waals surface area contributed by atoms with Crippen LogP contribution in [-0.2, 0) is 19.6 Å².